The number of hydrogen-bond acceptors (Lipinski definition) is 3. The lowest BCUT2D eigenvalue weighted by Gasteiger charge is -2.07. The zero-order valence-corrected chi connectivity index (χ0v) is 8.80. The molecule has 1 heterocycles. The summed E-state index contributed by atoms with van der Waals surface area (Å²) in [5.41, 5.74) is 2.95. The number of nitrogens with zero attached hydrogens (tertiary/aromatic N) is 3. The van der Waals surface area contributed by atoms with Crippen molar-refractivity contribution in [3.05, 3.63) is 55.1 Å². The normalized spacial score (nSPS) is 9.75. The summed E-state index contributed by atoms with van der Waals surface area (Å²) in [4.78, 5) is 12.1. The van der Waals surface area contributed by atoms with Gasteiger partial charge >= 0.3 is 0 Å². The molecule has 0 unspecified atom stereocenters. The highest BCUT2D eigenvalue weighted by molar-refractivity contribution is 5.77. The van der Waals surface area contributed by atoms with Crippen LogP contribution in [0, 0.1) is 0 Å². The monoisotopic (exact) mass is 209 g/mol. The second-order valence-corrected chi connectivity index (χ2v) is 3.18. The Morgan fingerprint density at radius 3 is 2.38 bits per heavy atom. The van der Waals surface area contributed by atoms with Crippen molar-refractivity contribution >= 4 is 12.2 Å². The zero-order valence-electron chi connectivity index (χ0n) is 8.80. The first-order valence-corrected chi connectivity index (χ1v) is 4.87. The third kappa shape index (κ3) is 1.75. The first-order chi connectivity index (χ1) is 7.86. The Hall–Kier alpha value is -2.29. The maximum Gasteiger partial charge on any atom is 0.163 e. The molecule has 0 radical (unpaired) electrons. The van der Waals surface area contributed by atoms with Gasteiger partial charge in [0.25, 0.3) is 0 Å². The van der Waals surface area contributed by atoms with E-state index in [9.17, 15) is 0 Å². The summed E-state index contributed by atoms with van der Waals surface area (Å²) in [5, 5.41) is 0. The molecule has 3 nitrogen and oxygen atoms in total. The van der Waals surface area contributed by atoms with Gasteiger partial charge in [-0.2, -0.15) is 0 Å². The van der Waals surface area contributed by atoms with Gasteiger partial charge in [0.05, 0.1) is 0 Å². The zero-order chi connectivity index (χ0) is 11.4. The van der Waals surface area contributed by atoms with E-state index >= 15 is 0 Å². The molecule has 0 N–H and O–H groups in total. The van der Waals surface area contributed by atoms with E-state index in [1.807, 2.05) is 18.2 Å². The Morgan fingerprint density at radius 1 is 1.00 bits per heavy atom. The molecular formula is C13H11N3. The van der Waals surface area contributed by atoms with E-state index in [0.29, 0.717) is 5.82 Å². The summed E-state index contributed by atoms with van der Waals surface area (Å²) in [6.45, 7) is 7.58. The summed E-state index contributed by atoms with van der Waals surface area (Å²) in [5.74, 6) is 0.647. The maximum absolute atomic E-state index is 4.13. The molecule has 0 atom stereocenters. The van der Waals surface area contributed by atoms with Crippen molar-refractivity contribution in [2.24, 2.45) is 0 Å². The van der Waals surface area contributed by atoms with Crippen LogP contribution in [0.1, 0.15) is 11.1 Å². The van der Waals surface area contributed by atoms with E-state index in [0.717, 1.165) is 16.7 Å². The molecule has 3 heteroatoms. The fourth-order valence-corrected chi connectivity index (χ4v) is 1.56. The van der Waals surface area contributed by atoms with Crippen LogP contribution in [0.5, 0.6) is 0 Å². The summed E-state index contributed by atoms with van der Waals surface area (Å²) >= 11 is 0. The SMILES string of the molecule is C=Cc1cccc(-c2ncncn2)c1C=C. The molecule has 0 saturated heterocycles. The van der Waals surface area contributed by atoms with E-state index in [2.05, 4.69) is 28.1 Å². The van der Waals surface area contributed by atoms with Gasteiger partial charge in [-0.05, 0) is 11.1 Å². The smallest absolute Gasteiger partial charge is 0.163 e. The average Bonchev–Trinajstić information content (AvgIpc) is 2.38. The van der Waals surface area contributed by atoms with E-state index in [1.165, 1.54) is 12.7 Å². The number of rotatable bonds is 3. The van der Waals surface area contributed by atoms with Crippen molar-refractivity contribution < 1.29 is 0 Å². The van der Waals surface area contributed by atoms with Crippen LogP contribution in [0.3, 0.4) is 0 Å². The van der Waals surface area contributed by atoms with Crippen LogP contribution in [0.15, 0.2) is 44.0 Å². The maximum atomic E-state index is 4.13. The van der Waals surface area contributed by atoms with E-state index in [-0.39, 0.29) is 0 Å². The minimum Gasteiger partial charge on any atom is -0.225 e. The molecule has 0 saturated carbocycles. The first kappa shape index (κ1) is 10.2. The fraction of sp³-hybridized carbons (Fsp3) is 0. The highest BCUT2D eigenvalue weighted by Crippen LogP contribution is 2.24. The van der Waals surface area contributed by atoms with E-state index < -0.39 is 0 Å². The standard InChI is InChI=1S/C13H11N3/c1-3-10-6-5-7-12(11(10)4-2)13-15-8-14-9-16-13/h3-9H,1-2H2. The fourth-order valence-electron chi connectivity index (χ4n) is 1.56. The third-order valence-electron chi connectivity index (χ3n) is 2.30. The van der Waals surface area contributed by atoms with Gasteiger partial charge in [-0.15, -0.1) is 0 Å². The van der Waals surface area contributed by atoms with Crippen LogP contribution < -0.4 is 0 Å². The van der Waals surface area contributed by atoms with Crippen molar-refractivity contribution in [3.8, 4) is 11.4 Å². The Balaban J connectivity index is 2.66. The molecule has 78 valence electrons. The molecular weight excluding hydrogens is 198 g/mol. The van der Waals surface area contributed by atoms with Gasteiger partial charge in [-0.1, -0.05) is 43.5 Å². The lowest BCUT2D eigenvalue weighted by atomic mass is 10.0. The van der Waals surface area contributed by atoms with Crippen molar-refractivity contribution in [2.45, 2.75) is 0 Å². The summed E-state index contributed by atoms with van der Waals surface area (Å²) in [7, 11) is 0. The first-order valence-electron chi connectivity index (χ1n) is 4.87. The van der Waals surface area contributed by atoms with Crippen molar-refractivity contribution in [1.29, 1.82) is 0 Å². The second-order valence-electron chi connectivity index (χ2n) is 3.18. The molecule has 1 aromatic carbocycles. The molecule has 1 aromatic heterocycles. The summed E-state index contributed by atoms with van der Waals surface area (Å²) in [6.07, 6.45) is 6.55. The Morgan fingerprint density at radius 2 is 1.75 bits per heavy atom. The van der Waals surface area contributed by atoms with Crippen molar-refractivity contribution in [3.63, 3.8) is 0 Å². The van der Waals surface area contributed by atoms with Crippen LogP contribution in [-0.4, -0.2) is 15.0 Å². The number of hydrogen-bond donors (Lipinski definition) is 0. The van der Waals surface area contributed by atoms with Crippen LogP contribution >= 0.6 is 0 Å². The quantitative estimate of drug-likeness (QED) is 0.780. The van der Waals surface area contributed by atoms with Crippen LogP contribution in [0.4, 0.5) is 0 Å². The van der Waals surface area contributed by atoms with Gasteiger partial charge < -0.3 is 0 Å². The predicted octanol–water partition coefficient (Wildman–Crippen LogP) is 2.82. The molecule has 16 heavy (non-hydrogen) atoms. The van der Waals surface area contributed by atoms with Gasteiger partial charge in [0.2, 0.25) is 0 Å². The van der Waals surface area contributed by atoms with Crippen LogP contribution in [-0.2, 0) is 0 Å². The van der Waals surface area contributed by atoms with Gasteiger partial charge in [0, 0.05) is 5.56 Å². The summed E-state index contributed by atoms with van der Waals surface area (Å²) < 4.78 is 0. The predicted molar refractivity (Wildman–Crippen MR) is 65.4 cm³/mol. The van der Waals surface area contributed by atoms with Crippen molar-refractivity contribution in [1.82, 2.24) is 15.0 Å². The molecule has 2 rings (SSSR count). The topological polar surface area (TPSA) is 38.7 Å². The van der Waals surface area contributed by atoms with E-state index in [1.54, 1.807) is 12.2 Å². The molecule has 0 amide bonds. The average molecular weight is 209 g/mol. The van der Waals surface area contributed by atoms with Crippen LogP contribution in [0.2, 0.25) is 0 Å². The molecule has 0 aliphatic heterocycles. The second kappa shape index (κ2) is 4.49. The van der Waals surface area contributed by atoms with Crippen molar-refractivity contribution in [2.75, 3.05) is 0 Å². The number of benzene rings is 1. The number of aromatic nitrogens is 3. The highest BCUT2D eigenvalue weighted by atomic mass is 15.0. The lowest BCUT2D eigenvalue weighted by molar-refractivity contribution is 1.05. The highest BCUT2D eigenvalue weighted by Gasteiger charge is 2.07. The lowest BCUT2D eigenvalue weighted by Crippen LogP contribution is -1.93. The van der Waals surface area contributed by atoms with Gasteiger partial charge in [0.1, 0.15) is 12.7 Å². The Kier molecular flexibility index (Phi) is 2.87. The summed E-state index contributed by atoms with van der Waals surface area (Å²) in [6, 6.07) is 5.89. The Labute approximate surface area is 94.2 Å². The molecule has 2 aromatic rings. The van der Waals surface area contributed by atoms with Crippen LogP contribution in [0.25, 0.3) is 23.5 Å². The molecule has 0 spiro atoms. The molecule has 0 aliphatic rings. The largest absolute Gasteiger partial charge is 0.225 e. The molecule has 0 fully saturated rings. The van der Waals surface area contributed by atoms with Gasteiger partial charge in [-0.25, -0.2) is 15.0 Å². The minimum atomic E-state index is 0.647. The molecule has 0 bridgehead atoms. The van der Waals surface area contributed by atoms with Gasteiger partial charge in [0.15, 0.2) is 5.82 Å². The van der Waals surface area contributed by atoms with Gasteiger partial charge in [-0.3, -0.25) is 0 Å². The minimum absolute atomic E-state index is 0.647. The van der Waals surface area contributed by atoms with E-state index in [4.69, 9.17) is 0 Å². The third-order valence-corrected chi connectivity index (χ3v) is 2.30. The molecule has 0 aliphatic carbocycles. The Bertz CT molecular complexity index is 518.